The van der Waals surface area contributed by atoms with Crippen molar-refractivity contribution in [1.29, 1.82) is 0 Å². The zero-order valence-corrected chi connectivity index (χ0v) is 11.6. The third kappa shape index (κ3) is 4.63. The van der Waals surface area contributed by atoms with Crippen molar-refractivity contribution in [3.05, 3.63) is 58.6 Å². The van der Waals surface area contributed by atoms with Crippen LogP contribution in [-0.4, -0.2) is 4.92 Å². The number of nitro groups is 1. The van der Waals surface area contributed by atoms with Gasteiger partial charge < -0.3 is 4.74 Å². The fraction of sp³-hybridized carbons (Fsp3) is 0.143. The summed E-state index contributed by atoms with van der Waals surface area (Å²) in [4.78, 5) is 10.8. The van der Waals surface area contributed by atoms with Gasteiger partial charge in [0, 0.05) is 17.0 Å². The maximum atomic E-state index is 10.5. The van der Waals surface area contributed by atoms with Crippen LogP contribution in [0.5, 0.6) is 11.5 Å². The number of benzene rings is 2. The minimum atomic E-state index is -0.446. The number of non-ortho nitro benzene ring substituents is 1. The summed E-state index contributed by atoms with van der Waals surface area (Å²) in [6.45, 7) is 4.00. The minimum absolute atomic E-state index is 0.0419. The van der Waals surface area contributed by atoms with Gasteiger partial charge in [0.1, 0.15) is 11.5 Å². The lowest BCUT2D eigenvalue weighted by molar-refractivity contribution is -0.384. The zero-order chi connectivity index (χ0) is 14.3. The minimum Gasteiger partial charge on any atom is -0.457 e. The summed E-state index contributed by atoms with van der Waals surface area (Å²) in [5.41, 5.74) is 0.0419. The van der Waals surface area contributed by atoms with Crippen LogP contribution < -0.4 is 4.74 Å². The molecule has 0 aliphatic carbocycles. The molecule has 0 fully saturated rings. The molecule has 0 bridgehead atoms. The number of hydrogen-bond donors (Lipinski definition) is 1. The maximum absolute atomic E-state index is 10.5. The number of rotatable bonds is 3. The second-order valence-corrected chi connectivity index (χ2v) is 3.87. The summed E-state index contributed by atoms with van der Waals surface area (Å²) in [7, 11) is 0. The lowest BCUT2D eigenvalue weighted by atomic mass is 10.3. The van der Waals surface area contributed by atoms with Gasteiger partial charge in [-0.1, -0.05) is 19.9 Å². The Balaban J connectivity index is 0.000000861. The van der Waals surface area contributed by atoms with Gasteiger partial charge in [0.25, 0.3) is 5.69 Å². The quantitative estimate of drug-likeness (QED) is 0.502. The highest BCUT2D eigenvalue weighted by Crippen LogP contribution is 2.25. The molecule has 0 unspecified atom stereocenters. The third-order valence-corrected chi connectivity index (χ3v) is 2.38. The zero-order valence-electron chi connectivity index (χ0n) is 10.7. The van der Waals surface area contributed by atoms with Crippen LogP contribution in [0.1, 0.15) is 13.8 Å². The van der Waals surface area contributed by atoms with Crippen molar-refractivity contribution in [2.24, 2.45) is 0 Å². The van der Waals surface area contributed by atoms with Crippen molar-refractivity contribution >= 4 is 18.3 Å². The number of thiol groups is 1. The maximum Gasteiger partial charge on any atom is 0.269 e. The molecule has 0 aliphatic rings. The summed E-state index contributed by atoms with van der Waals surface area (Å²) in [6, 6.07) is 13.1. The van der Waals surface area contributed by atoms with Crippen molar-refractivity contribution in [2.75, 3.05) is 0 Å². The van der Waals surface area contributed by atoms with Gasteiger partial charge >= 0.3 is 0 Å². The molecule has 0 radical (unpaired) electrons. The summed E-state index contributed by atoms with van der Waals surface area (Å²) < 4.78 is 5.52. The van der Waals surface area contributed by atoms with E-state index >= 15 is 0 Å². The molecule has 0 amide bonds. The molecular weight excluding hydrogens is 262 g/mol. The van der Waals surface area contributed by atoms with Gasteiger partial charge in [0.05, 0.1) is 4.92 Å². The van der Waals surface area contributed by atoms with Crippen LogP contribution in [0.4, 0.5) is 5.69 Å². The Morgan fingerprint density at radius 2 is 1.68 bits per heavy atom. The molecular formula is C14H15NO3S. The Kier molecular flexibility index (Phi) is 5.89. The second kappa shape index (κ2) is 7.43. The molecule has 0 aliphatic heterocycles. The number of nitrogens with zero attached hydrogens (tertiary/aromatic N) is 1. The molecule has 2 aromatic rings. The predicted octanol–water partition coefficient (Wildman–Crippen LogP) is 4.70. The second-order valence-electron chi connectivity index (χ2n) is 3.35. The van der Waals surface area contributed by atoms with Gasteiger partial charge in [-0.05, 0) is 30.3 Å². The third-order valence-electron chi connectivity index (χ3n) is 2.10. The first-order valence-electron chi connectivity index (χ1n) is 5.86. The van der Waals surface area contributed by atoms with Crippen molar-refractivity contribution in [1.82, 2.24) is 0 Å². The van der Waals surface area contributed by atoms with Crippen molar-refractivity contribution < 1.29 is 9.66 Å². The highest BCUT2D eigenvalue weighted by Gasteiger charge is 2.04. The van der Waals surface area contributed by atoms with E-state index in [0.29, 0.717) is 11.5 Å². The van der Waals surface area contributed by atoms with Crippen LogP contribution in [0.3, 0.4) is 0 Å². The normalized spacial score (nSPS) is 9.21. The van der Waals surface area contributed by atoms with E-state index < -0.39 is 4.92 Å². The Hall–Kier alpha value is -2.01. The van der Waals surface area contributed by atoms with Crippen LogP contribution in [0, 0.1) is 10.1 Å². The highest BCUT2D eigenvalue weighted by atomic mass is 32.1. The molecule has 0 spiro atoms. The first-order chi connectivity index (χ1) is 9.15. The predicted molar refractivity (Wildman–Crippen MR) is 78.2 cm³/mol. The summed E-state index contributed by atoms with van der Waals surface area (Å²) >= 11 is 4.19. The van der Waals surface area contributed by atoms with E-state index in [4.69, 9.17) is 4.74 Å². The van der Waals surface area contributed by atoms with E-state index in [1.165, 1.54) is 12.1 Å². The van der Waals surface area contributed by atoms with Gasteiger partial charge in [-0.3, -0.25) is 10.1 Å². The average molecular weight is 277 g/mol. The SMILES string of the molecule is CC.O=[N+]([O-])c1ccc(Oc2cccc(S)c2)cc1. The summed E-state index contributed by atoms with van der Waals surface area (Å²) in [6.07, 6.45) is 0. The van der Waals surface area contributed by atoms with Gasteiger partial charge in [0.2, 0.25) is 0 Å². The van der Waals surface area contributed by atoms with E-state index in [9.17, 15) is 10.1 Å². The van der Waals surface area contributed by atoms with Gasteiger partial charge in [-0.2, -0.15) is 0 Å². The molecule has 19 heavy (non-hydrogen) atoms. The van der Waals surface area contributed by atoms with Gasteiger partial charge in [-0.25, -0.2) is 0 Å². The molecule has 4 nitrogen and oxygen atoms in total. The van der Waals surface area contributed by atoms with Crippen LogP contribution in [0.15, 0.2) is 53.4 Å². The molecule has 5 heteroatoms. The molecule has 2 aromatic carbocycles. The Morgan fingerprint density at radius 1 is 1.05 bits per heavy atom. The molecule has 0 saturated heterocycles. The van der Waals surface area contributed by atoms with E-state index in [1.807, 2.05) is 26.0 Å². The molecule has 0 atom stereocenters. The van der Waals surface area contributed by atoms with Crippen LogP contribution >= 0.6 is 12.6 Å². The summed E-state index contributed by atoms with van der Waals surface area (Å²) in [5.74, 6) is 1.20. The van der Waals surface area contributed by atoms with E-state index in [-0.39, 0.29) is 5.69 Å². The summed E-state index contributed by atoms with van der Waals surface area (Å²) in [5, 5.41) is 10.5. The largest absolute Gasteiger partial charge is 0.457 e. The van der Waals surface area contributed by atoms with Crippen LogP contribution in [0.25, 0.3) is 0 Å². The van der Waals surface area contributed by atoms with E-state index in [0.717, 1.165) is 4.90 Å². The lowest BCUT2D eigenvalue weighted by Crippen LogP contribution is -1.88. The van der Waals surface area contributed by atoms with Crippen molar-refractivity contribution in [2.45, 2.75) is 18.7 Å². The van der Waals surface area contributed by atoms with Crippen molar-refractivity contribution in [3.63, 3.8) is 0 Å². The van der Waals surface area contributed by atoms with E-state index in [2.05, 4.69) is 12.6 Å². The van der Waals surface area contributed by atoms with Gasteiger partial charge in [-0.15, -0.1) is 12.6 Å². The lowest BCUT2D eigenvalue weighted by Gasteiger charge is -2.05. The smallest absolute Gasteiger partial charge is 0.269 e. The van der Waals surface area contributed by atoms with Crippen molar-refractivity contribution in [3.8, 4) is 11.5 Å². The molecule has 0 heterocycles. The van der Waals surface area contributed by atoms with Gasteiger partial charge in [0.15, 0.2) is 0 Å². The number of ether oxygens (including phenoxy) is 1. The fourth-order valence-electron chi connectivity index (χ4n) is 1.32. The fourth-order valence-corrected chi connectivity index (χ4v) is 1.53. The van der Waals surface area contributed by atoms with Crippen LogP contribution in [0.2, 0.25) is 0 Å². The molecule has 2 rings (SSSR count). The average Bonchev–Trinajstić information content (AvgIpc) is 2.41. The highest BCUT2D eigenvalue weighted by molar-refractivity contribution is 7.80. The van der Waals surface area contributed by atoms with E-state index in [1.54, 1.807) is 24.3 Å². The number of hydrogen-bond acceptors (Lipinski definition) is 4. The first-order valence-corrected chi connectivity index (χ1v) is 6.31. The molecule has 0 saturated carbocycles. The first kappa shape index (κ1) is 15.0. The Labute approximate surface area is 117 Å². The standard InChI is InChI=1S/C12H9NO3S.C2H6/c14-13(15)9-4-6-10(7-5-9)16-11-2-1-3-12(17)8-11;1-2/h1-8,17H;1-2H3. The molecule has 0 N–H and O–H groups in total. The number of nitro benzene ring substituents is 1. The monoisotopic (exact) mass is 277 g/mol. The Bertz CT molecular complexity index is 541. The molecule has 100 valence electrons. The Morgan fingerprint density at radius 3 is 2.21 bits per heavy atom. The topological polar surface area (TPSA) is 52.4 Å². The van der Waals surface area contributed by atoms with Crippen LogP contribution in [-0.2, 0) is 0 Å². The molecule has 0 aromatic heterocycles.